The summed E-state index contributed by atoms with van der Waals surface area (Å²) in [5, 5.41) is 12.4. The molecule has 1 aromatic heterocycles. The number of hydrogen-bond donors (Lipinski definition) is 5. The Bertz CT molecular complexity index is 1950. The molecule has 3 aromatic rings. The number of nitrogens with two attached hydrogens (primary N) is 1. The lowest BCUT2D eigenvalue weighted by atomic mass is 9.80. The van der Waals surface area contributed by atoms with E-state index < -0.39 is 72.4 Å². The fourth-order valence-corrected chi connectivity index (χ4v) is 9.80. The average molecular weight is 823 g/mol. The SMILES string of the molecule is CC(=O)N[C@@H](Cc1ccc(CP(=O)(OC(C)(C)C)OC(C)(C)C)cc1)C(=O)NC1(C(=O)N[C@@H](CC(N)=O)C(=O)NCCCn2ccc3cc(C)ccc32)CCCCC1. The third-order valence-corrected chi connectivity index (χ3v) is 12.1. The third-order valence-electron chi connectivity index (χ3n) is 9.69. The number of rotatable bonds is 18. The molecule has 318 valence electrons. The molecular weight excluding hydrogens is 759 g/mol. The van der Waals surface area contributed by atoms with Crippen LogP contribution in [0.3, 0.4) is 0 Å². The van der Waals surface area contributed by atoms with Gasteiger partial charge in [0.25, 0.3) is 0 Å². The molecule has 0 spiro atoms. The molecular formula is C43H63N6O8P. The Morgan fingerprint density at radius 2 is 1.47 bits per heavy atom. The lowest BCUT2D eigenvalue weighted by molar-refractivity contribution is -0.139. The highest BCUT2D eigenvalue weighted by Crippen LogP contribution is 2.56. The Balaban J connectivity index is 1.44. The topological polar surface area (TPSA) is 200 Å². The zero-order valence-electron chi connectivity index (χ0n) is 35.4. The van der Waals surface area contributed by atoms with Crippen LogP contribution < -0.4 is 27.0 Å². The predicted molar refractivity (Wildman–Crippen MR) is 225 cm³/mol. The average Bonchev–Trinajstić information content (AvgIpc) is 3.50. The number of carbonyl (C=O) groups excluding carboxylic acids is 5. The maximum Gasteiger partial charge on any atom is 0.336 e. The standard InChI is InChI=1S/C43H63N6O8P/c1-29-13-18-36-33(25-29)19-24-49(36)23-12-22-45-38(52)35(27-37(44)51)47-40(54)43(20-10-9-11-21-43)48-39(53)34(46-30(2)50)26-31-14-16-32(17-15-31)28-58(55,56-41(3,4)5)57-42(6,7)8/h13-19,24-25,34-35H,9-12,20-23,26-28H2,1-8H3,(H2,44,51)(H,45,52)(H,46,50)(H,47,54)(H,48,53)/t34-,35-/m0/s1. The molecule has 6 N–H and O–H groups in total. The van der Waals surface area contributed by atoms with Gasteiger partial charge in [0.1, 0.15) is 17.6 Å². The molecule has 0 bridgehead atoms. The first kappa shape index (κ1) is 46.2. The summed E-state index contributed by atoms with van der Waals surface area (Å²) in [5.74, 6) is -2.91. The van der Waals surface area contributed by atoms with Crippen LogP contribution in [0.1, 0.15) is 110 Å². The van der Waals surface area contributed by atoms with Crippen molar-refractivity contribution in [3.8, 4) is 0 Å². The molecule has 1 aliphatic carbocycles. The van der Waals surface area contributed by atoms with Gasteiger partial charge in [0.2, 0.25) is 29.5 Å². The molecule has 0 aliphatic heterocycles. The number of primary amides is 1. The van der Waals surface area contributed by atoms with Crippen molar-refractivity contribution in [2.45, 2.75) is 148 Å². The van der Waals surface area contributed by atoms with Gasteiger partial charge >= 0.3 is 7.60 Å². The zero-order valence-corrected chi connectivity index (χ0v) is 36.3. The number of aryl methyl sites for hydroxylation is 2. The van der Waals surface area contributed by atoms with Gasteiger partial charge in [0.05, 0.1) is 23.8 Å². The van der Waals surface area contributed by atoms with Gasteiger partial charge in [0.15, 0.2) is 0 Å². The third kappa shape index (κ3) is 14.1. The summed E-state index contributed by atoms with van der Waals surface area (Å²) in [6.07, 6.45) is 5.05. The Hall–Kier alpha value is -4.52. The number of aromatic nitrogens is 1. The first-order valence-electron chi connectivity index (χ1n) is 20.2. The first-order valence-corrected chi connectivity index (χ1v) is 21.9. The first-order chi connectivity index (χ1) is 27.1. The van der Waals surface area contributed by atoms with E-state index in [1.54, 1.807) is 24.3 Å². The highest BCUT2D eigenvalue weighted by molar-refractivity contribution is 7.53. The van der Waals surface area contributed by atoms with Crippen molar-refractivity contribution >= 4 is 48.0 Å². The van der Waals surface area contributed by atoms with Crippen LogP contribution in [0.5, 0.6) is 0 Å². The van der Waals surface area contributed by atoms with E-state index in [2.05, 4.69) is 44.0 Å². The van der Waals surface area contributed by atoms with Crippen LogP contribution >= 0.6 is 7.60 Å². The van der Waals surface area contributed by atoms with Crippen molar-refractivity contribution in [3.63, 3.8) is 0 Å². The van der Waals surface area contributed by atoms with Gasteiger partial charge in [-0.05, 0) is 102 Å². The Morgan fingerprint density at radius 3 is 2.05 bits per heavy atom. The number of fused-ring (bicyclic) bond motifs is 1. The summed E-state index contributed by atoms with van der Waals surface area (Å²) >= 11 is 0. The molecule has 14 nitrogen and oxygen atoms in total. The molecule has 15 heteroatoms. The fourth-order valence-electron chi connectivity index (χ4n) is 7.31. The second-order valence-electron chi connectivity index (χ2n) is 17.5. The lowest BCUT2D eigenvalue weighted by Gasteiger charge is -2.38. The van der Waals surface area contributed by atoms with Gasteiger partial charge in [-0.2, -0.15) is 0 Å². The molecule has 0 radical (unpaired) electrons. The van der Waals surface area contributed by atoms with Crippen LogP contribution in [-0.4, -0.2) is 69.5 Å². The maximum absolute atomic E-state index is 14.1. The Labute approximate surface area is 342 Å². The highest BCUT2D eigenvalue weighted by atomic mass is 31.2. The van der Waals surface area contributed by atoms with Gasteiger partial charge < -0.3 is 40.6 Å². The van der Waals surface area contributed by atoms with Crippen LogP contribution in [-0.2, 0) is 56.7 Å². The van der Waals surface area contributed by atoms with E-state index in [4.69, 9.17) is 14.8 Å². The number of nitrogens with zero attached hydrogens (tertiary/aromatic N) is 1. The van der Waals surface area contributed by atoms with E-state index in [1.165, 1.54) is 12.5 Å². The van der Waals surface area contributed by atoms with Crippen LogP contribution in [0.4, 0.5) is 0 Å². The molecule has 1 heterocycles. The minimum Gasteiger partial charge on any atom is -0.370 e. The Morgan fingerprint density at radius 1 is 0.845 bits per heavy atom. The van der Waals surface area contributed by atoms with E-state index in [0.717, 1.165) is 17.3 Å². The Kier molecular flexibility index (Phi) is 15.5. The molecule has 1 fully saturated rings. The molecule has 0 unspecified atom stereocenters. The van der Waals surface area contributed by atoms with Gasteiger partial charge in [0, 0.05) is 38.1 Å². The van der Waals surface area contributed by atoms with E-state index in [-0.39, 0.29) is 12.6 Å². The van der Waals surface area contributed by atoms with Crippen LogP contribution in [0.25, 0.3) is 10.9 Å². The summed E-state index contributed by atoms with van der Waals surface area (Å²) in [5.41, 5.74) is 6.39. The number of amides is 5. The highest BCUT2D eigenvalue weighted by Gasteiger charge is 2.44. The van der Waals surface area contributed by atoms with Gasteiger partial charge in [-0.1, -0.05) is 55.2 Å². The summed E-state index contributed by atoms with van der Waals surface area (Å²) in [4.78, 5) is 65.9. The smallest absolute Gasteiger partial charge is 0.336 e. The summed E-state index contributed by atoms with van der Waals surface area (Å²) in [6.45, 7) is 15.2. The van der Waals surface area contributed by atoms with Crippen LogP contribution in [0.2, 0.25) is 0 Å². The number of carbonyl (C=O) groups is 5. The van der Waals surface area contributed by atoms with Crippen LogP contribution in [0, 0.1) is 6.92 Å². The number of nitrogens with one attached hydrogen (secondary N) is 4. The zero-order chi connectivity index (χ0) is 42.9. The molecule has 1 saturated carbocycles. The second-order valence-corrected chi connectivity index (χ2v) is 19.4. The molecule has 58 heavy (non-hydrogen) atoms. The monoisotopic (exact) mass is 822 g/mol. The van der Waals surface area contributed by atoms with Gasteiger partial charge in [-0.25, -0.2) is 0 Å². The quantitative estimate of drug-likeness (QED) is 0.0794. The molecule has 2 aromatic carbocycles. The summed E-state index contributed by atoms with van der Waals surface area (Å²) < 4.78 is 27.8. The molecule has 1 aliphatic rings. The number of hydrogen-bond acceptors (Lipinski definition) is 8. The van der Waals surface area contributed by atoms with Crippen molar-refractivity contribution < 1.29 is 37.6 Å². The van der Waals surface area contributed by atoms with Crippen molar-refractivity contribution in [2.24, 2.45) is 5.73 Å². The molecule has 5 amide bonds. The van der Waals surface area contributed by atoms with E-state index in [9.17, 15) is 28.5 Å². The van der Waals surface area contributed by atoms with E-state index in [0.29, 0.717) is 56.3 Å². The van der Waals surface area contributed by atoms with Gasteiger partial charge in [-0.3, -0.25) is 28.5 Å². The normalized spacial score (nSPS) is 15.6. The maximum atomic E-state index is 14.1. The van der Waals surface area contributed by atoms with Crippen molar-refractivity contribution in [1.29, 1.82) is 0 Å². The van der Waals surface area contributed by atoms with E-state index in [1.807, 2.05) is 60.7 Å². The van der Waals surface area contributed by atoms with Crippen LogP contribution in [0.15, 0.2) is 54.7 Å². The largest absolute Gasteiger partial charge is 0.370 e. The summed E-state index contributed by atoms with van der Waals surface area (Å²) in [7, 11) is -3.56. The lowest BCUT2D eigenvalue weighted by Crippen LogP contribution is -2.65. The molecule has 4 rings (SSSR count). The van der Waals surface area contributed by atoms with Gasteiger partial charge in [-0.15, -0.1) is 0 Å². The summed E-state index contributed by atoms with van der Waals surface area (Å²) in [6, 6.07) is 13.1. The molecule has 2 atom stereocenters. The van der Waals surface area contributed by atoms with E-state index >= 15 is 0 Å². The van der Waals surface area contributed by atoms with Crippen molar-refractivity contribution in [1.82, 2.24) is 25.8 Å². The second kappa shape index (κ2) is 19.5. The van der Waals surface area contributed by atoms with Crippen molar-refractivity contribution in [3.05, 3.63) is 71.4 Å². The fraction of sp³-hybridized carbons (Fsp3) is 0.558. The van der Waals surface area contributed by atoms with Crippen molar-refractivity contribution in [2.75, 3.05) is 6.54 Å². The predicted octanol–water partition coefficient (Wildman–Crippen LogP) is 5.71. The molecule has 0 saturated heterocycles. The minimum atomic E-state index is -3.56. The minimum absolute atomic E-state index is 0.0365. The number of benzene rings is 2.